The van der Waals surface area contributed by atoms with Crippen molar-refractivity contribution in [3.8, 4) is 5.75 Å². The van der Waals surface area contributed by atoms with Crippen molar-refractivity contribution in [3.63, 3.8) is 0 Å². The van der Waals surface area contributed by atoms with Gasteiger partial charge < -0.3 is 14.5 Å². The first-order valence-electron chi connectivity index (χ1n) is 6.28. The number of halogens is 1. The van der Waals surface area contributed by atoms with Crippen LogP contribution in [-0.2, 0) is 0 Å². The maximum Gasteiger partial charge on any atom is 0.128 e. The zero-order valence-electron chi connectivity index (χ0n) is 11.4. The minimum Gasteiger partial charge on any atom is -0.497 e. The Morgan fingerprint density at radius 1 is 1.37 bits per heavy atom. The molecule has 2 rings (SSSR count). The summed E-state index contributed by atoms with van der Waals surface area (Å²) in [5, 5.41) is 4.07. The van der Waals surface area contributed by atoms with Gasteiger partial charge in [-0.1, -0.05) is 24.6 Å². The lowest BCUT2D eigenvalue weighted by molar-refractivity contribution is 0.413. The summed E-state index contributed by atoms with van der Waals surface area (Å²) in [5.41, 5.74) is 2.10. The van der Waals surface area contributed by atoms with E-state index in [0.29, 0.717) is 5.02 Å². The van der Waals surface area contributed by atoms with Crippen molar-refractivity contribution in [1.29, 1.82) is 0 Å². The largest absolute Gasteiger partial charge is 0.497 e. The number of furan rings is 1. The summed E-state index contributed by atoms with van der Waals surface area (Å²) in [4.78, 5) is 0. The topological polar surface area (TPSA) is 34.4 Å². The lowest BCUT2D eigenvalue weighted by Crippen LogP contribution is -2.22. The third-order valence-electron chi connectivity index (χ3n) is 3.09. The van der Waals surface area contributed by atoms with Crippen molar-refractivity contribution in [2.24, 2.45) is 0 Å². The first kappa shape index (κ1) is 14.0. The lowest BCUT2D eigenvalue weighted by Gasteiger charge is -2.19. The van der Waals surface area contributed by atoms with Gasteiger partial charge in [0.2, 0.25) is 0 Å². The molecule has 1 heterocycles. The normalized spacial score (nSPS) is 12.4. The molecule has 4 heteroatoms. The molecule has 1 unspecified atom stereocenters. The van der Waals surface area contributed by atoms with Crippen molar-refractivity contribution in [3.05, 3.63) is 52.4 Å². The maximum atomic E-state index is 6.35. The van der Waals surface area contributed by atoms with Gasteiger partial charge in [0.1, 0.15) is 11.5 Å². The Morgan fingerprint density at radius 2 is 2.16 bits per heavy atom. The van der Waals surface area contributed by atoms with Crippen molar-refractivity contribution in [2.45, 2.75) is 19.9 Å². The highest BCUT2D eigenvalue weighted by atomic mass is 35.5. The van der Waals surface area contributed by atoms with Crippen LogP contribution in [-0.4, -0.2) is 13.7 Å². The summed E-state index contributed by atoms with van der Waals surface area (Å²) in [6, 6.07) is 7.61. The molecule has 0 bridgehead atoms. The van der Waals surface area contributed by atoms with E-state index in [0.717, 1.165) is 29.2 Å². The van der Waals surface area contributed by atoms with E-state index in [1.165, 1.54) is 0 Å². The molecule has 102 valence electrons. The van der Waals surface area contributed by atoms with Crippen LogP contribution in [0.4, 0.5) is 0 Å². The molecule has 0 aliphatic carbocycles. The van der Waals surface area contributed by atoms with Crippen LogP contribution in [0.5, 0.6) is 5.75 Å². The second-order valence-electron chi connectivity index (χ2n) is 4.35. The molecule has 0 aliphatic heterocycles. The number of benzene rings is 1. The van der Waals surface area contributed by atoms with Gasteiger partial charge in [0.25, 0.3) is 0 Å². The van der Waals surface area contributed by atoms with Crippen LogP contribution in [0.15, 0.2) is 34.9 Å². The number of ether oxygens (including phenoxy) is 1. The van der Waals surface area contributed by atoms with Crippen LogP contribution in [0, 0.1) is 6.92 Å². The molecule has 1 aromatic carbocycles. The minimum absolute atomic E-state index is 0.0431. The van der Waals surface area contributed by atoms with Gasteiger partial charge in [-0.25, -0.2) is 0 Å². The number of hydrogen-bond donors (Lipinski definition) is 1. The molecule has 0 spiro atoms. The average molecular weight is 280 g/mol. The van der Waals surface area contributed by atoms with Crippen LogP contribution < -0.4 is 10.1 Å². The monoisotopic (exact) mass is 279 g/mol. The van der Waals surface area contributed by atoms with E-state index in [2.05, 4.69) is 12.2 Å². The van der Waals surface area contributed by atoms with E-state index in [4.69, 9.17) is 20.8 Å². The van der Waals surface area contributed by atoms with E-state index >= 15 is 0 Å². The van der Waals surface area contributed by atoms with Crippen molar-refractivity contribution >= 4 is 11.6 Å². The Kier molecular flexibility index (Phi) is 4.51. The van der Waals surface area contributed by atoms with Crippen LogP contribution in [0.25, 0.3) is 0 Å². The molecular weight excluding hydrogens is 262 g/mol. The molecule has 3 nitrogen and oxygen atoms in total. The summed E-state index contributed by atoms with van der Waals surface area (Å²) in [6.45, 7) is 4.91. The summed E-state index contributed by atoms with van der Waals surface area (Å²) < 4.78 is 10.8. The fourth-order valence-electron chi connectivity index (χ4n) is 2.10. The SMILES string of the molecule is CCNC(c1ccc(OC)cc1Cl)c1occc1C. The fourth-order valence-corrected chi connectivity index (χ4v) is 2.38. The Balaban J connectivity index is 2.42. The third-order valence-corrected chi connectivity index (χ3v) is 3.42. The fraction of sp³-hybridized carbons (Fsp3) is 0.333. The van der Waals surface area contributed by atoms with Gasteiger partial charge in [-0.05, 0) is 42.8 Å². The van der Waals surface area contributed by atoms with Gasteiger partial charge in [-0.2, -0.15) is 0 Å². The number of aryl methyl sites for hydroxylation is 1. The van der Waals surface area contributed by atoms with Gasteiger partial charge in [-0.3, -0.25) is 0 Å². The quantitative estimate of drug-likeness (QED) is 0.900. The summed E-state index contributed by atoms with van der Waals surface area (Å²) in [6.07, 6.45) is 1.70. The van der Waals surface area contributed by atoms with E-state index in [1.54, 1.807) is 13.4 Å². The Morgan fingerprint density at radius 3 is 2.68 bits per heavy atom. The molecule has 0 amide bonds. The van der Waals surface area contributed by atoms with E-state index in [-0.39, 0.29) is 6.04 Å². The van der Waals surface area contributed by atoms with Crippen LogP contribution in [0.3, 0.4) is 0 Å². The molecular formula is C15H18ClNO2. The maximum absolute atomic E-state index is 6.35. The molecule has 2 aromatic rings. The molecule has 1 N–H and O–H groups in total. The smallest absolute Gasteiger partial charge is 0.128 e. The highest BCUT2D eigenvalue weighted by molar-refractivity contribution is 6.31. The highest BCUT2D eigenvalue weighted by Crippen LogP contribution is 2.32. The zero-order valence-corrected chi connectivity index (χ0v) is 12.1. The molecule has 0 saturated carbocycles. The Hall–Kier alpha value is -1.45. The average Bonchev–Trinajstić information content (AvgIpc) is 2.82. The second-order valence-corrected chi connectivity index (χ2v) is 4.75. The molecule has 0 radical (unpaired) electrons. The molecule has 19 heavy (non-hydrogen) atoms. The minimum atomic E-state index is -0.0431. The van der Waals surface area contributed by atoms with Gasteiger partial charge in [0.05, 0.1) is 19.4 Å². The van der Waals surface area contributed by atoms with E-state index in [1.807, 2.05) is 31.2 Å². The molecule has 1 atom stereocenters. The Bertz CT molecular complexity index is 551. The third kappa shape index (κ3) is 2.94. The number of hydrogen-bond acceptors (Lipinski definition) is 3. The second kappa shape index (κ2) is 6.13. The van der Waals surface area contributed by atoms with Crippen molar-refractivity contribution < 1.29 is 9.15 Å². The van der Waals surface area contributed by atoms with Crippen LogP contribution >= 0.6 is 11.6 Å². The highest BCUT2D eigenvalue weighted by Gasteiger charge is 2.21. The predicted molar refractivity (Wildman–Crippen MR) is 77.0 cm³/mol. The standard InChI is InChI=1S/C15H18ClNO2/c1-4-17-14(15-10(2)7-8-19-15)12-6-5-11(18-3)9-13(12)16/h5-9,14,17H,4H2,1-3H3. The predicted octanol–water partition coefficient (Wildman–Crippen LogP) is 3.95. The van der Waals surface area contributed by atoms with Gasteiger partial charge in [0.15, 0.2) is 0 Å². The molecule has 0 saturated heterocycles. The molecule has 1 aromatic heterocycles. The number of methoxy groups -OCH3 is 1. The van der Waals surface area contributed by atoms with E-state index < -0.39 is 0 Å². The first-order valence-corrected chi connectivity index (χ1v) is 6.66. The molecule has 0 aliphatic rings. The first-order chi connectivity index (χ1) is 9.17. The van der Waals surface area contributed by atoms with Crippen LogP contribution in [0.1, 0.15) is 29.9 Å². The van der Waals surface area contributed by atoms with Crippen molar-refractivity contribution in [2.75, 3.05) is 13.7 Å². The molecule has 0 fully saturated rings. The lowest BCUT2D eigenvalue weighted by atomic mass is 10.0. The van der Waals surface area contributed by atoms with E-state index in [9.17, 15) is 0 Å². The van der Waals surface area contributed by atoms with Gasteiger partial charge >= 0.3 is 0 Å². The Labute approximate surface area is 118 Å². The number of nitrogens with one attached hydrogen (secondary N) is 1. The summed E-state index contributed by atoms with van der Waals surface area (Å²) in [7, 11) is 1.63. The summed E-state index contributed by atoms with van der Waals surface area (Å²) >= 11 is 6.35. The zero-order chi connectivity index (χ0) is 13.8. The summed E-state index contributed by atoms with van der Waals surface area (Å²) in [5.74, 6) is 1.65. The van der Waals surface area contributed by atoms with Gasteiger partial charge in [-0.15, -0.1) is 0 Å². The number of rotatable bonds is 5. The van der Waals surface area contributed by atoms with Crippen LogP contribution in [0.2, 0.25) is 5.02 Å². The van der Waals surface area contributed by atoms with Crippen molar-refractivity contribution in [1.82, 2.24) is 5.32 Å². The van der Waals surface area contributed by atoms with Gasteiger partial charge in [0, 0.05) is 5.02 Å².